The number of carbonyl (C=O) groups is 1. The Labute approximate surface area is 187 Å². The second kappa shape index (κ2) is 10.1. The first kappa shape index (κ1) is 23.0. The van der Waals surface area contributed by atoms with Crippen molar-refractivity contribution in [2.45, 2.75) is 11.8 Å². The van der Waals surface area contributed by atoms with E-state index in [1.165, 1.54) is 7.11 Å². The van der Waals surface area contributed by atoms with E-state index in [-0.39, 0.29) is 17.3 Å². The molecule has 3 aromatic rings. The van der Waals surface area contributed by atoms with Crippen molar-refractivity contribution in [1.82, 2.24) is 0 Å². The van der Waals surface area contributed by atoms with Crippen LogP contribution < -0.4 is 20.5 Å². The minimum Gasteiger partial charge on any atom is -0.495 e. The van der Waals surface area contributed by atoms with E-state index in [0.29, 0.717) is 17.9 Å². The number of aryl methyl sites for hydroxylation is 1. The molecule has 8 nitrogen and oxygen atoms in total. The van der Waals surface area contributed by atoms with Gasteiger partial charge in [-0.3, -0.25) is 4.72 Å². The molecule has 0 fully saturated rings. The zero-order chi connectivity index (χ0) is 23.1. The standard InChI is InChI=1S/C23H25N3O5S/c1-16-6-3-4-9-20(16)17-10-11-21(30-2)22(14-17)32(28,29)26-19-8-5-7-18(15-19)25-12-13-31-23(24)27/h3-11,14-15,25-26H,12-13H2,1-2H3,(H2,24,27). The number of ether oxygens (including phenoxy) is 2. The molecule has 168 valence electrons. The number of nitrogens with two attached hydrogens (primary N) is 1. The lowest BCUT2D eigenvalue weighted by Gasteiger charge is -2.15. The maximum Gasteiger partial charge on any atom is 0.404 e. The number of primary amides is 1. The second-order valence-electron chi connectivity index (χ2n) is 6.96. The van der Waals surface area contributed by atoms with E-state index in [1.54, 1.807) is 36.4 Å². The molecule has 0 bridgehead atoms. The summed E-state index contributed by atoms with van der Waals surface area (Å²) in [5.74, 6) is 0.243. The van der Waals surface area contributed by atoms with Gasteiger partial charge in [0.25, 0.3) is 10.0 Å². The van der Waals surface area contributed by atoms with Crippen molar-refractivity contribution >= 4 is 27.5 Å². The topological polar surface area (TPSA) is 120 Å². The summed E-state index contributed by atoms with van der Waals surface area (Å²) in [7, 11) is -2.51. The maximum atomic E-state index is 13.2. The summed E-state index contributed by atoms with van der Waals surface area (Å²) in [5.41, 5.74) is 8.69. The average molecular weight is 456 g/mol. The second-order valence-corrected chi connectivity index (χ2v) is 8.61. The molecule has 0 unspecified atom stereocenters. The Kier molecular flexibility index (Phi) is 7.21. The summed E-state index contributed by atoms with van der Waals surface area (Å²) in [4.78, 5) is 10.7. The molecule has 0 aromatic heterocycles. The zero-order valence-electron chi connectivity index (χ0n) is 17.8. The lowest BCUT2D eigenvalue weighted by molar-refractivity contribution is 0.161. The summed E-state index contributed by atoms with van der Waals surface area (Å²) in [6.45, 7) is 2.39. The quantitative estimate of drug-likeness (QED) is 0.420. The zero-order valence-corrected chi connectivity index (χ0v) is 18.6. The Morgan fingerprint density at radius 2 is 1.75 bits per heavy atom. The van der Waals surface area contributed by atoms with Crippen LogP contribution in [-0.2, 0) is 14.8 Å². The summed E-state index contributed by atoms with van der Waals surface area (Å²) < 4.78 is 39.0. The summed E-state index contributed by atoms with van der Waals surface area (Å²) in [6.07, 6.45) is -0.852. The fraction of sp³-hybridized carbons (Fsp3) is 0.174. The molecule has 0 radical (unpaired) electrons. The van der Waals surface area contributed by atoms with Crippen LogP contribution in [0.1, 0.15) is 5.56 Å². The Morgan fingerprint density at radius 1 is 1.00 bits per heavy atom. The van der Waals surface area contributed by atoms with Crippen LogP contribution in [0.2, 0.25) is 0 Å². The van der Waals surface area contributed by atoms with Gasteiger partial charge in [0.05, 0.1) is 12.8 Å². The van der Waals surface area contributed by atoms with Gasteiger partial charge in [-0.1, -0.05) is 36.4 Å². The Bertz CT molecular complexity index is 1210. The predicted octanol–water partition coefficient (Wildman–Crippen LogP) is 3.98. The van der Waals surface area contributed by atoms with Crippen LogP contribution in [0.5, 0.6) is 5.75 Å². The lowest BCUT2D eigenvalue weighted by Crippen LogP contribution is -2.18. The van der Waals surface area contributed by atoms with Crippen LogP contribution in [-0.4, -0.2) is 34.8 Å². The van der Waals surface area contributed by atoms with E-state index in [9.17, 15) is 13.2 Å². The Morgan fingerprint density at radius 3 is 2.47 bits per heavy atom. The highest BCUT2D eigenvalue weighted by molar-refractivity contribution is 7.92. The van der Waals surface area contributed by atoms with Crippen molar-refractivity contribution < 1.29 is 22.7 Å². The van der Waals surface area contributed by atoms with Gasteiger partial charge in [0.2, 0.25) is 0 Å². The van der Waals surface area contributed by atoms with Gasteiger partial charge in [-0.2, -0.15) is 0 Å². The van der Waals surface area contributed by atoms with Crippen LogP contribution in [0.15, 0.2) is 71.6 Å². The van der Waals surface area contributed by atoms with Crippen molar-refractivity contribution in [3.05, 3.63) is 72.3 Å². The number of rotatable bonds is 9. The van der Waals surface area contributed by atoms with E-state index in [4.69, 9.17) is 10.5 Å². The van der Waals surface area contributed by atoms with E-state index < -0.39 is 16.1 Å². The molecule has 32 heavy (non-hydrogen) atoms. The van der Waals surface area contributed by atoms with Gasteiger partial charge >= 0.3 is 6.09 Å². The molecule has 9 heteroatoms. The Balaban J connectivity index is 1.85. The molecular formula is C23H25N3O5S. The first-order valence-electron chi connectivity index (χ1n) is 9.83. The van der Waals surface area contributed by atoms with Crippen molar-refractivity contribution in [3.63, 3.8) is 0 Å². The highest BCUT2D eigenvalue weighted by Crippen LogP contribution is 2.32. The van der Waals surface area contributed by atoms with Crippen LogP contribution in [0, 0.1) is 6.92 Å². The number of amides is 1. The van der Waals surface area contributed by atoms with Crippen LogP contribution in [0.4, 0.5) is 16.2 Å². The Hall–Kier alpha value is -3.72. The summed E-state index contributed by atoms with van der Waals surface area (Å²) in [6, 6.07) is 19.6. The molecule has 1 amide bonds. The van der Waals surface area contributed by atoms with Gasteiger partial charge in [0.1, 0.15) is 17.3 Å². The third-order valence-corrected chi connectivity index (χ3v) is 6.10. The van der Waals surface area contributed by atoms with Gasteiger partial charge in [0.15, 0.2) is 0 Å². The van der Waals surface area contributed by atoms with E-state index >= 15 is 0 Å². The number of carbonyl (C=O) groups excluding carboxylic acids is 1. The minimum absolute atomic E-state index is 0.0361. The SMILES string of the molecule is COc1ccc(-c2ccccc2C)cc1S(=O)(=O)Nc1cccc(NCCOC(N)=O)c1. The lowest BCUT2D eigenvalue weighted by atomic mass is 10.0. The molecule has 0 heterocycles. The number of nitrogens with one attached hydrogen (secondary N) is 2. The first-order chi connectivity index (χ1) is 15.3. The molecule has 3 aromatic carbocycles. The summed E-state index contributed by atoms with van der Waals surface area (Å²) in [5, 5.41) is 3.03. The molecule has 0 aliphatic heterocycles. The third-order valence-electron chi connectivity index (χ3n) is 4.70. The molecule has 0 saturated heterocycles. The predicted molar refractivity (Wildman–Crippen MR) is 124 cm³/mol. The molecule has 0 spiro atoms. The third kappa shape index (κ3) is 5.70. The molecular weight excluding hydrogens is 430 g/mol. The van der Waals surface area contributed by atoms with Gasteiger partial charge in [-0.15, -0.1) is 0 Å². The van der Waals surface area contributed by atoms with Gasteiger partial charge < -0.3 is 20.5 Å². The number of hydrogen-bond donors (Lipinski definition) is 3. The smallest absolute Gasteiger partial charge is 0.404 e. The summed E-state index contributed by atoms with van der Waals surface area (Å²) >= 11 is 0. The maximum absolute atomic E-state index is 13.2. The van der Waals surface area contributed by atoms with Crippen LogP contribution in [0.25, 0.3) is 11.1 Å². The fourth-order valence-corrected chi connectivity index (χ4v) is 4.45. The van der Waals surface area contributed by atoms with Crippen molar-refractivity contribution in [3.8, 4) is 16.9 Å². The average Bonchev–Trinajstić information content (AvgIpc) is 2.76. The largest absolute Gasteiger partial charge is 0.495 e. The normalized spacial score (nSPS) is 10.9. The van der Waals surface area contributed by atoms with Gasteiger partial charge in [-0.05, 0) is 53.9 Å². The monoisotopic (exact) mass is 455 g/mol. The minimum atomic E-state index is -3.94. The number of methoxy groups -OCH3 is 1. The van der Waals surface area contributed by atoms with E-state index in [1.807, 2.05) is 37.3 Å². The molecule has 3 rings (SSSR count). The number of sulfonamides is 1. The number of benzene rings is 3. The van der Waals surface area contributed by atoms with Gasteiger partial charge in [0, 0.05) is 12.2 Å². The fourth-order valence-electron chi connectivity index (χ4n) is 3.20. The van der Waals surface area contributed by atoms with Crippen LogP contribution >= 0.6 is 0 Å². The van der Waals surface area contributed by atoms with E-state index in [2.05, 4.69) is 14.8 Å². The van der Waals surface area contributed by atoms with Crippen molar-refractivity contribution in [2.75, 3.05) is 30.3 Å². The molecule has 4 N–H and O–H groups in total. The molecule has 0 atom stereocenters. The number of hydrogen-bond acceptors (Lipinski definition) is 6. The molecule has 0 aliphatic rings. The number of anilines is 2. The molecule has 0 saturated carbocycles. The first-order valence-corrected chi connectivity index (χ1v) is 11.3. The van der Waals surface area contributed by atoms with E-state index in [0.717, 1.165) is 16.7 Å². The van der Waals surface area contributed by atoms with Crippen molar-refractivity contribution in [1.29, 1.82) is 0 Å². The van der Waals surface area contributed by atoms with Gasteiger partial charge in [-0.25, -0.2) is 13.2 Å². The van der Waals surface area contributed by atoms with Crippen LogP contribution in [0.3, 0.4) is 0 Å². The highest BCUT2D eigenvalue weighted by atomic mass is 32.2. The molecule has 0 aliphatic carbocycles. The highest BCUT2D eigenvalue weighted by Gasteiger charge is 2.21. The van der Waals surface area contributed by atoms with Crippen molar-refractivity contribution in [2.24, 2.45) is 5.73 Å².